The average Bonchev–Trinajstić information content (AvgIpc) is 2.52. The molecule has 3 rings (SSSR count). The number of benzene rings is 1. The summed E-state index contributed by atoms with van der Waals surface area (Å²) in [6.07, 6.45) is 3.73. The molecule has 0 aliphatic heterocycles. The summed E-state index contributed by atoms with van der Waals surface area (Å²) in [4.78, 5) is 4.35. The Kier molecular flexibility index (Phi) is 4.38. The van der Waals surface area contributed by atoms with Crippen molar-refractivity contribution in [3.05, 3.63) is 52.7 Å². The molecule has 0 radical (unpaired) electrons. The molecule has 1 aliphatic rings. The van der Waals surface area contributed by atoms with E-state index in [-0.39, 0.29) is 6.04 Å². The molecule has 1 aliphatic carbocycles. The first-order valence-electron chi connectivity index (χ1n) is 6.88. The smallest absolute Gasteiger partial charge is 0.119 e. The molecule has 2 N–H and O–H groups in total. The van der Waals surface area contributed by atoms with Gasteiger partial charge in [0.15, 0.2) is 0 Å². The third-order valence-electron chi connectivity index (χ3n) is 3.78. The van der Waals surface area contributed by atoms with Crippen LogP contribution in [0.15, 0.2) is 41.6 Å². The number of nitrogens with two attached hydrogens (primary N) is 1. The van der Waals surface area contributed by atoms with Crippen molar-refractivity contribution in [3.63, 3.8) is 0 Å². The predicted octanol–water partition coefficient (Wildman–Crippen LogP) is 3.85. The van der Waals surface area contributed by atoms with Gasteiger partial charge in [0.2, 0.25) is 0 Å². The number of aryl methyl sites for hydroxylation is 1. The largest absolute Gasteiger partial charge is 0.497 e. The molecule has 110 valence electrons. The second-order valence-electron chi connectivity index (χ2n) is 5.10. The van der Waals surface area contributed by atoms with Crippen molar-refractivity contribution in [1.82, 2.24) is 4.98 Å². The second-order valence-corrected chi connectivity index (χ2v) is 6.80. The van der Waals surface area contributed by atoms with E-state index in [2.05, 4.69) is 17.1 Å². The van der Waals surface area contributed by atoms with Gasteiger partial charge in [0.05, 0.1) is 17.2 Å². The van der Waals surface area contributed by atoms with Crippen LogP contribution in [0.4, 0.5) is 0 Å². The maximum absolute atomic E-state index is 6.44. The molecule has 2 unspecified atom stereocenters. The molecule has 0 fully saturated rings. The van der Waals surface area contributed by atoms with E-state index in [0.29, 0.717) is 10.3 Å². The monoisotopic (exact) mass is 320 g/mol. The number of hydrogen-bond acceptors (Lipinski definition) is 4. The number of fused-ring (bicyclic) bond motifs is 1. The SMILES string of the molecule is COc1ccc2c(c1)CCC(Sc1ccc(Cl)cn1)C2N. The zero-order valence-corrected chi connectivity index (χ0v) is 13.3. The number of thioether (sulfide) groups is 1. The van der Waals surface area contributed by atoms with Crippen molar-refractivity contribution < 1.29 is 4.74 Å². The molecule has 2 aromatic rings. The quantitative estimate of drug-likeness (QED) is 0.933. The molecule has 1 heterocycles. The van der Waals surface area contributed by atoms with Gasteiger partial charge in [-0.3, -0.25) is 0 Å². The molecule has 0 saturated heterocycles. The lowest BCUT2D eigenvalue weighted by Gasteiger charge is -2.30. The first-order chi connectivity index (χ1) is 10.2. The van der Waals surface area contributed by atoms with Crippen LogP contribution in [-0.2, 0) is 6.42 Å². The first kappa shape index (κ1) is 14.7. The number of ether oxygens (including phenoxy) is 1. The van der Waals surface area contributed by atoms with Gasteiger partial charge >= 0.3 is 0 Å². The summed E-state index contributed by atoms with van der Waals surface area (Å²) >= 11 is 7.60. The van der Waals surface area contributed by atoms with Crippen molar-refractivity contribution >= 4 is 23.4 Å². The van der Waals surface area contributed by atoms with Crippen molar-refractivity contribution in [3.8, 4) is 5.75 Å². The van der Waals surface area contributed by atoms with E-state index in [4.69, 9.17) is 22.1 Å². The fourth-order valence-electron chi connectivity index (χ4n) is 2.65. The van der Waals surface area contributed by atoms with E-state index in [1.54, 1.807) is 25.1 Å². The summed E-state index contributed by atoms with van der Waals surface area (Å²) in [6, 6.07) is 9.99. The van der Waals surface area contributed by atoms with Gasteiger partial charge in [-0.15, -0.1) is 11.8 Å². The molecule has 0 amide bonds. The summed E-state index contributed by atoms with van der Waals surface area (Å²) in [6.45, 7) is 0. The Morgan fingerprint density at radius 1 is 1.33 bits per heavy atom. The van der Waals surface area contributed by atoms with Gasteiger partial charge in [0.25, 0.3) is 0 Å². The fraction of sp³-hybridized carbons (Fsp3) is 0.312. The van der Waals surface area contributed by atoms with Crippen LogP contribution >= 0.6 is 23.4 Å². The van der Waals surface area contributed by atoms with E-state index in [1.165, 1.54) is 11.1 Å². The highest BCUT2D eigenvalue weighted by atomic mass is 35.5. The number of methoxy groups -OCH3 is 1. The van der Waals surface area contributed by atoms with Gasteiger partial charge in [0.1, 0.15) is 5.75 Å². The zero-order valence-electron chi connectivity index (χ0n) is 11.8. The van der Waals surface area contributed by atoms with Gasteiger partial charge in [0, 0.05) is 17.5 Å². The molecule has 3 nitrogen and oxygen atoms in total. The van der Waals surface area contributed by atoms with Crippen molar-refractivity contribution in [2.45, 2.75) is 29.2 Å². The van der Waals surface area contributed by atoms with E-state index >= 15 is 0 Å². The number of hydrogen-bond donors (Lipinski definition) is 1. The van der Waals surface area contributed by atoms with Crippen LogP contribution in [-0.4, -0.2) is 17.3 Å². The number of halogens is 1. The second kappa shape index (κ2) is 6.26. The van der Waals surface area contributed by atoms with Crippen molar-refractivity contribution in [1.29, 1.82) is 0 Å². The predicted molar refractivity (Wildman–Crippen MR) is 87.1 cm³/mol. The summed E-state index contributed by atoms with van der Waals surface area (Å²) < 4.78 is 5.28. The number of aromatic nitrogens is 1. The van der Waals surface area contributed by atoms with Gasteiger partial charge in [-0.2, -0.15) is 0 Å². The molecule has 0 spiro atoms. The molecule has 0 bridgehead atoms. The Labute approximate surface area is 133 Å². The number of rotatable bonds is 3. The van der Waals surface area contributed by atoms with Crippen LogP contribution in [0.1, 0.15) is 23.6 Å². The topological polar surface area (TPSA) is 48.1 Å². The molecule has 1 aromatic carbocycles. The van der Waals surface area contributed by atoms with Gasteiger partial charge in [-0.1, -0.05) is 17.7 Å². The van der Waals surface area contributed by atoms with Crippen LogP contribution in [0.25, 0.3) is 0 Å². The summed E-state index contributed by atoms with van der Waals surface area (Å²) in [5, 5.41) is 1.96. The molecule has 5 heteroatoms. The Morgan fingerprint density at radius 2 is 2.19 bits per heavy atom. The van der Waals surface area contributed by atoms with E-state index in [1.807, 2.05) is 18.2 Å². The highest BCUT2D eigenvalue weighted by Gasteiger charge is 2.28. The molecule has 21 heavy (non-hydrogen) atoms. The number of pyridine rings is 1. The van der Waals surface area contributed by atoms with Gasteiger partial charge in [-0.05, 0) is 48.2 Å². The lowest BCUT2D eigenvalue weighted by Crippen LogP contribution is -2.29. The Bertz CT molecular complexity index is 633. The lowest BCUT2D eigenvalue weighted by atomic mass is 9.87. The van der Waals surface area contributed by atoms with Crippen LogP contribution in [0.3, 0.4) is 0 Å². The third kappa shape index (κ3) is 3.18. The minimum absolute atomic E-state index is 0.0159. The van der Waals surface area contributed by atoms with Crippen molar-refractivity contribution in [2.24, 2.45) is 5.73 Å². The summed E-state index contributed by atoms with van der Waals surface area (Å²) in [5.74, 6) is 0.895. The molecule has 0 saturated carbocycles. The summed E-state index contributed by atoms with van der Waals surface area (Å²) in [7, 11) is 1.69. The zero-order chi connectivity index (χ0) is 14.8. The van der Waals surface area contributed by atoms with E-state index in [9.17, 15) is 0 Å². The highest BCUT2D eigenvalue weighted by Crippen LogP contribution is 2.39. The first-order valence-corrected chi connectivity index (χ1v) is 8.14. The normalized spacial score (nSPS) is 20.9. The van der Waals surface area contributed by atoms with E-state index in [0.717, 1.165) is 23.6 Å². The third-order valence-corrected chi connectivity index (χ3v) is 5.32. The minimum Gasteiger partial charge on any atom is -0.497 e. The van der Waals surface area contributed by atoms with Crippen molar-refractivity contribution in [2.75, 3.05) is 7.11 Å². The lowest BCUT2D eigenvalue weighted by molar-refractivity contribution is 0.413. The van der Waals surface area contributed by atoms with Crippen LogP contribution in [0, 0.1) is 0 Å². The standard InChI is InChI=1S/C16H17ClN2OS/c1-20-12-4-5-13-10(8-12)2-6-14(16(13)18)21-15-7-3-11(17)9-19-15/h3-5,7-9,14,16H,2,6,18H2,1H3. The molecule has 2 atom stereocenters. The fourth-order valence-corrected chi connectivity index (χ4v) is 3.86. The van der Waals surface area contributed by atoms with Gasteiger partial charge < -0.3 is 10.5 Å². The summed E-state index contributed by atoms with van der Waals surface area (Å²) in [5.41, 5.74) is 8.95. The Morgan fingerprint density at radius 3 is 2.90 bits per heavy atom. The van der Waals surface area contributed by atoms with Crippen LogP contribution < -0.4 is 10.5 Å². The Hall–Kier alpha value is -1.23. The van der Waals surface area contributed by atoms with Crippen LogP contribution in [0.5, 0.6) is 5.75 Å². The van der Waals surface area contributed by atoms with Gasteiger partial charge in [-0.25, -0.2) is 4.98 Å². The Balaban J connectivity index is 1.78. The maximum atomic E-state index is 6.44. The molecule has 1 aromatic heterocycles. The highest BCUT2D eigenvalue weighted by molar-refractivity contribution is 7.99. The number of nitrogens with zero attached hydrogens (tertiary/aromatic N) is 1. The maximum Gasteiger partial charge on any atom is 0.119 e. The average molecular weight is 321 g/mol. The van der Waals surface area contributed by atoms with E-state index < -0.39 is 0 Å². The minimum atomic E-state index is 0.0159. The van der Waals surface area contributed by atoms with Crippen LogP contribution in [0.2, 0.25) is 5.02 Å². The molecular formula is C16H17ClN2OS. The molecular weight excluding hydrogens is 304 g/mol.